The number of alkyl halides is 3. The molecule has 1 fully saturated rings. The van der Waals surface area contributed by atoms with Gasteiger partial charge < -0.3 is 20.2 Å². The average Bonchev–Trinajstić information content (AvgIpc) is 3.35. The lowest BCUT2D eigenvalue weighted by molar-refractivity contribution is -0.266. The van der Waals surface area contributed by atoms with E-state index in [4.69, 9.17) is 15.2 Å². The number of aromatic amines is 1. The summed E-state index contributed by atoms with van der Waals surface area (Å²) in [5.41, 5.74) is 4.41. The van der Waals surface area contributed by atoms with Gasteiger partial charge in [-0.15, -0.1) is 0 Å². The van der Waals surface area contributed by atoms with Crippen LogP contribution in [0.2, 0.25) is 0 Å². The molecule has 3 heterocycles. The van der Waals surface area contributed by atoms with Gasteiger partial charge in [-0.3, -0.25) is 4.79 Å². The molecule has 178 valence electrons. The Morgan fingerprint density at radius 3 is 2.55 bits per heavy atom. The molecular weight excluding hydrogens is 451 g/mol. The van der Waals surface area contributed by atoms with Crippen LogP contribution in [0.1, 0.15) is 35.8 Å². The summed E-state index contributed by atoms with van der Waals surface area (Å²) in [7, 11) is 1.14. The monoisotopic (exact) mass is 472 g/mol. The van der Waals surface area contributed by atoms with Crippen LogP contribution in [0.25, 0.3) is 11.2 Å². The summed E-state index contributed by atoms with van der Waals surface area (Å²) in [4.78, 5) is 21.4. The van der Waals surface area contributed by atoms with Gasteiger partial charge in [-0.05, 0) is 25.1 Å². The number of ether oxygens (including phenoxy) is 2. The zero-order valence-corrected chi connectivity index (χ0v) is 17.8. The minimum atomic E-state index is -4.55. The molecule has 0 aliphatic carbocycles. The van der Waals surface area contributed by atoms with Gasteiger partial charge in [0.1, 0.15) is 5.69 Å². The maximum absolute atomic E-state index is 13.7. The van der Waals surface area contributed by atoms with Crippen molar-refractivity contribution in [2.75, 3.05) is 13.7 Å². The molecule has 4 rings (SSSR count). The molecule has 3 N–H and O–H groups in total. The van der Waals surface area contributed by atoms with Crippen LogP contribution in [0.15, 0.2) is 30.6 Å². The summed E-state index contributed by atoms with van der Waals surface area (Å²) < 4.78 is 76.0. The molecule has 2 aromatic heterocycles. The summed E-state index contributed by atoms with van der Waals surface area (Å²) in [6, 6.07) is 5.39. The summed E-state index contributed by atoms with van der Waals surface area (Å²) in [6.07, 6.45) is -3.03. The van der Waals surface area contributed by atoms with E-state index in [0.717, 1.165) is 25.6 Å². The van der Waals surface area contributed by atoms with Gasteiger partial charge in [-0.25, -0.2) is 14.4 Å². The number of carbonyl (C=O) groups is 1. The van der Waals surface area contributed by atoms with Gasteiger partial charge in [0.15, 0.2) is 22.8 Å². The van der Waals surface area contributed by atoms with Crippen LogP contribution in [-0.2, 0) is 4.74 Å². The topological polar surface area (TPSA) is 103 Å². The van der Waals surface area contributed by atoms with Gasteiger partial charge in [0.05, 0.1) is 25.6 Å². The van der Waals surface area contributed by atoms with Gasteiger partial charge in [0.25, 0.3) is 5.91 Å². The molecule has 1 aliphatic heterocycles. The normalized spacial score (nSPS) is 22.7. The van der Waals surface area contributed by atoms with Crippen LogP contribution in [0.3, 0.4) is 0 Å². The Morgan fingerprint density at radius 2 is 1.97 bits per heavy atom. The van der Waals surface area contributed by atoms with E-state index >= 15 is 0 Å². The number of nitrogens with one attached hydrogen (secondary N) is 1. The fourth-order valence-electron chi connectivity index (χ4n) is 3.63. The first-order valence-electron chi connectivity index (χ1n) is 9.73. The lowest BCUT2D eigenvalue weighted by Crippen LogP contribution is -2.46. The number of imidazole rings is 1. The van der Waals surface area contributed by atoms with E-state index in [9.17, 15) is 26.7 Å². The highest BCUT2D eigenvalue weighted by atomic mass is 19.4. The molecule has 12 heteroatoms. The van der Waals surface area contributed by atoms with Crippen molar-refractivity contribution in [2.24, 2.45) is 11.7 Å². The fourth-order valence-corrected chi connectivity index (χ4v) is 3.63. The van der Waals surface area contributed by atoms with Crippen molar-refractivity contribution in [1.82, 2.24) is 15.0 Å². The molecule has 0 saturated carbocycles. The Hall–Kier alpha value is -3.28. The van der Waals surface area contributed by atoms with Gasteiger partial charge in [-0.1, -0.05) is 13.0 Å². The van der Waals surface area contributed by atoms with Crippen LogP contribution in [0, 0.1) is 17.6 Å². The third kappa shape index (κ3) is 4.47. The number of rotatable bonds is 3. The number of hydrogen-bond donors (Lipinski definition) is 2. The molecule has 1 aromatic carbocycles. The summed E-state index contributed by atoms with van der Waals surface area (Å²) in [5, 5.41) is 0. The molecule has 1 saturated heterocycles. The third-order valence-electron chi connectivity index (χ3n) is 5.82. The minimum absolute atomic E-state index is 0.178. The predicted octanol–water partition coefficient (Wildman–Crippen LogP) is 4.10. The van der Waals surface area contributed by atoms with Crippen molar-refractivity contribution in [3.05, 3.63) is 53.5 Å². The number of methoxy groups -OCH3 is 1. The first kappa shape index (κ1) is 24.4. The Morgan fingerprint density at radius 1 is 1.27 bits per heavy atom. The molecule has 3 aromatic rings. The van der Waals surface area contributed by atoms with Crippen LogP contribution in [0.4, 0.5) is 22.0 Å². The van der Waals surface area contributed by atoms with Crippen molar-refractivity contribution in [2.45, 2.75) is 31.5 Å². The average molecular weight is 472 g/mol. The van der Waals surface area contributed by atoms with Crippen molar-refractivity contribution >= 4 is 17.1 Å². The summed E-state index contributed by atoms with van der Waals surface area (Å²) in [5.74, 6) is -4.93. The Bertz CT molecular complexity index is 1170. The van der Waals surface area contributed by atoms with Crippen molar-refractivity contribution in [3.63, 3.8) is 0 Å². The van der Waals surface area contributed by atoms with E-state index in [-0.39, 0.29) is 23.6 Å². The Kier molecular flexibility index (Phi) is 6.59. The number of primary amides is 1. The first-order chi connectivity index (χ1) is 15.4. The second kappa shape index (κ2) is 8.93. The van der Waals surface area contributed by atoms with Gasteiger partial charge in [0.2, 0.25) is 5.82 Å². The molecule has 33 heavy (non-hydrogen) atoms. The highest BCUT2D eigenvalue weighted by Gasteiger charge is 2.61. The van der Waals surface area contributed by atoms with Crippen molar-refractivity contribution in [1.29, 1.82) is 0 Å². The third-order valence-corrected chi connectivity index (χ3v) is 5.82. The molecule has 0 radical (unpaired) electrons. The summed E-state index contributed by atoms with van der Waals surface area (Å²) in [6.45, 7) is 2.11. The Balaban J connectivity index is 0.000000215. The molecular formula is C21H21F5N4O3. The molecule has 1 amide bonds. The quantitative estimate of drug-likeness (QED) is 0.559. The number of nitrogens with zero attached hydrogens (tertiary/aromatic N) is 2. The number of fused-ring (bicyclic) bond motifs is 1. The Labute approximate surface area is 185 Å². The maximum atomic E-state index is 13.7. The van der Waals surface area contributed by atoms with E-state index in [0.29, 0.717) is 5.65 Å². The lowest BCUT2D eigenvalue weighted by atomic mass is 9.79. The zero-order valence-electron chi connectivity index (χ0n) is 17.8. The van der Waals surface area contributed by atoms with Gasteiger partial charge >= 0.3 is 6.18 Å². The van der Waals surface area contributed by atoms with Gasteiger partial charge in [0, 0.05) is 17.4 Å². The highest BCUT2D eigenvalue weighted by molar-refractivity contribution is 5.92. The number of benzene rings is 1. The van der Waals surface area contributed by atoms with Crippen LogP contribution in [-0.4, -0.2) is 46.4 Å². The number of amides is 1. The number of hydrogen-bond acceptors (Lipinski definition) is 5. The van der Waals surface area contributed by atoms with E-state index in [2.05, 4.69) is 15.0 Å². The first-order valence-corrected chi connectivity index (χ1v) is 9.73. The van der Waals surface area contributed by atoms with Crippen molar-refractivity contribution in [3.8, 4) is 5.75 Å². The van der Waals surface area contributed by atoms with Crippen LogP contribution < -0.4 is 10.5 Å². The largest absolute Gasteiger partial charge is 0.493 e. The standard InChI is InChI=1S/C14H15F5O2.C7H6N4O/c1-7-9(6-21-13(7,2)14(17,18)19)8-4-5-10(15)11(16)12(8)20-3;8-6(12)4-1-2-5-7(11-4)10-3-9-5/h4-5,7,9H,6H2,1-3H3;1-3H,(H2,8,12)(H,9,10,11)/t7?,9?,13-;/m1./s1. The highest BCUT2D eigenvalue weighted by Crippen LogP contribution is 2.51. The summed E-state index contributed by atoms with van der Waals surface area (Å²) >= 11 is 0. The maximum Gasteiger partial charge on any atom is 0.417 e. The molecule has 7 nitrogen and oxygen atoms in total. The van der Waals surface area contributed by atoms with E-state index < -0.39 is 41.2 Å². The number of carbonyl (C=O) groups excluding carboxylic acids is 1. The van der Waals surface area contributed by atoms with E-state index in [1.807, 2.05) is 0 Å². The molecule has 3 atom stereocenters. The molecule has 0 spiro atoms. The van der Waals surface area contributed by atoms with Crippen LogP contribution in [0.5, 0.6) is 5.75 Å². The van der Waals surface area contributed by atoms with Gasteiger partial charge in [-0.2, -0.15) is 17.6 Å². The molecule has 1 aliphatic rings. The SMILES string of the molecule is COc1c(C2CO[C@@](C)(C(F)(F)F)C2C)ccc(F)c1F.NC(=O)c1ccc2[nH]cnc2n1. The molecule has 0 bridgehead atoms. The molecule has 2 unspecified atom stereocenters. The van der Waals surface area contributed by atoms with Crippen LogP contribution >= 0.6 is 0 Å². The second-order valence-electron chi connectivity index (χ2n) is 7.63. The number of aromatic nitrogens is 3. The smallest absolute Gasteiger partial charge is 0.417 e. The predicted molar refractivity (Wildman–Crippen MR) is 108 cm³/mol. The second-order valence-corrected chi connectivity index (χ2v) is 7.63. The minimum Gasteiger partial charge on any atom is -0.493 e. The number of pyridine rings is 1. The van der Waals surface area contributed by atoms with Crippen molar-refractivity contribution < 1.29 is 36.2 Å². The fraction of sp³-hybridized carbons (Fsp3) is 0.381. The number of halogens is 5. The van der Waals surface area contributed by atoms with E-state index in [1.165, 1.54) is 19.3 Å². The number of nitrogens with two attached hydrogens (primary N) is 1. The van der Waals surface area contributed by atoms with E-state index in [1.54, 1.807) is 12.1 Å². The zero-order chi connectivity index (χ0) is 24.6. The number of H-pyrrole nitrogens is 1. The lowest BCUT2D eigenvalue weighted by Gasteiger charge is -2.32.